The predicted octanol–water partition coefficient (Wildman–Crippen LogP) is 3.34. The van der Waals surface area contributed by atoms with Crippen LogP contribution < -0.4 is 9.64 Å². The van der Waals surface area contributed by atoms with Crippen molar-refractivity contribution in [2.24, 2.45) is 0 Å². The van der Waals surface area contributed by atoms with Crippen molar-refractivity contribution in [3.63, 3.8) is 0 Å². The number of carbonyl (C=O) groups is 2. The molecule has 0 aromatic heterocycles. The highest BCUT2D eigenvalue weighted by Crippen LogP contribution is 2.25. The smallest absolute Gasteiger partial charge is 0.414 e. The van der Waals surface area contributed by atoms with Gasteiger partial charge in [0.05, 0.1) is 30.8 Å². The van der Waals surface area contributed by atoms with Crippen molar-refractivity contribution < 1.29 is 28.6 Å². The van der Waals surface area contributed by atoms with Crippen molar-refractivity contribution in [3.8, 4) is 5.75 Å². The number of rotatable bonds is 6. The summed E-state index contributed by atoms with van der Waals surface area (Å²) in [6, 6.07) is 3.60. The summed E-state index contributed by atoms with van der Waals surface area (Å²) in [6.07, 6.45) is -1.74. The van der Waals surface area contributed by atoms with Crippen LogP contribution in [0, 0.1) is 5.82 Å². The highest BCUT2D eigenvalue weighted by molar-refractivity contribution is 6.18. The number of aliphatic hydroxyl groups excluding tert-OH is 1. The minimum absolute atomic E-state index is 0.0933. The zero-order chi connectivity index (χ0) is 18.7. The van der Waals surface area contributed by atoms with Gasteiger partial charge in [0, 0.05) is 13.0 Å². The molecule has 0 radical (unpaired) electrons. The Morgan fingerprint density at radius 2 is 2.00 bits per heavy atom. The average Bonchev–Trinajstić information content (AvgIpc) is 2.56. The molecule has 1 unspecified atom stereocenters. The van der Waals surface area contributed by atoms with Crippen LogP contribution in [0.25, 0.3) is 0 Å². The maximum Gasteiger partial charge on any atom is 0.414 e. The summed E-state index contributed by atoms with van der Waals surface area (Å²) >= 11 is 5.52. The molecular weight excluding hydrogens is 341 g/mol. The van der Waals surface area contributed by atoms with Gasteiger partial charge in [0.1, 0.15) is 0 Å². The maximum atomic E-state index is 13.9. The van der Waals surface area contributed by atoms with E-state index in [4.69, 9.17) is 16.3 Å². The van der Waals surface area contributed by atoms with E-state index in [1.807, 2.05) is 13.8 Å². The topological polar surface area (TPSA) is 76.1 Å². The van der Waals surface area contributed by atoms with E-state index in [0.29, 0.717) is 0 Å². The molecule has 1 atom stereocenters. The molecule has 136 valence electrons. The predicted molar refractivity (Wildman–Crippen MR) is 90.2 cm³/mol. The summed E-state index contributed by atoms with van der Waals surface area (Å²) < 4.78 is 23.4. The fourth-order valence-corrected chi connectivity index (χ4v) is 1.74. The molecule has 6 nitrogen and oxygen atoms in total. The SMILES string of the molecule is CC.CCOC(=O)N(CC(O)CCl)c1ccc(OC(C)=O)c(F)c1. The van der Waals surface area contributed by atoms with Crippen LogP contribution in [0.2, 0.25) is 0 Å². The molecule has 0 aliphatic rings. The van der Waals surface area contributed by atoms with Gasteiger partial charge in [-0.05, 0) is 19.1 Å². The number of nitrogens with zero attached hydrogens (tertiary/aromatic N) is 1. The van der Waals surface area contributed by atoms with Gasteiger partial charge in [0.25, 0.3) is 0 Å². The number of esters is 1. The van der Waals surface area contributed by atoms with Crippen molar-refractivity contribution in [3.05, 3.63) is 24.0 Å². The molecule has 1 amide bonds. The molecule has 0 fully saturated rings. The monoisotopic (exact) mass is 363 g/mol. The normalized spacial score (nSPS) is 11.0. The van der Waals surface area contributed by atoms with Crippen molar-refractivity contribution in [2.45, 2.75) is 33.8 Å². The highest BCUT2D eigenvalue weighted by Gasteiger charge is 2.21. The molecule has 0 spiro atoms. The van der Waals surface area contributed by atoms with Crippen molar-refractivity contribution in [1.29, 1.82) is 0 Å². The molecule has 0 aliphatic carbocycles. The van der Waals surface area contributed by atoms with E-state index >= 15 is 0 Å². The van der Waals surface area contributed by atoms with E-state index in [9.17, 15) is 19.1 Å². The zero-order valence-electron chi connectivity index (χ0n) is 14.2. The van der Waals surface area contributed by atoms with E-state index < -0.39 is 24.0 Å². The summed E-state index contributed by atoms with van der Waals surface area (Å²) in [5.41, 5.74) is 0.149. The number of aliphatic hydroxyl groups is 1. The summed E-state index contributed by atoms with van der Waals surface area (Å²) in [7, 11) is 0. The molecule has 1 N–H and O–H groups in total. The Hall–Kier alpha value is -1.86. The number of anilines is 1. The first-order valence-electron chi connectivity index (χ1n) is 7.55. The van der Waals surface area contributed by atoms with Gasteiger partial charge >= 0.3 is 12.1 Å². The second-order valence-corrected chi connectivity index (χ2v) is 4.63. The van der Waals surface area contributed by atoms with Gasteiger partial charge < -0.3 is 14.6 Å². The molecular formula is C16H23ClFNO5. The van der Waals surface area contributed by atoms with E-state index in [-0.39, 0.29) is 30.5 Å². The zero-order valence-corrected chi connectivity index (χ0v) is 15.0. The summed E-state index contributed by atoms with van der Waals surface area (Å²) in [4.78, 5) is 23.8. The first-order chi connectivity index (χ1) is 11.4. The van der Waals surface area contributed by atoms with Crippen LogP contribution >= 0.6 is 11.6 Å². The Morgan fingerprint density at radius 1 is 1.38 bits per heavy atom. The Labute approximate surface area is 146 Å². The lowest BCUT2D eigenvalue weighted by atomic mass is 10.2. The molecule has 0 bridgehead atoms. The lowest BCUT2D eigenvalue weighted by molar-refractivity contribution is -0.132. The van der Waals surface area contributed by atoms with Crippen LogP contribution in [0.4, 0.5) is 14.9 Å². The molecule has 0 saturated heterocycles. The van der Waals surface area contributed by atoms with Gasteiger partial charge in [0.2, 0.25) is 0 Å². The first kappa shape index (κ1) is 22.1. The standard InChI is InChI=1S/C14H17ClFNO5.C2H6/c1-3-21-14(20)17(8-11(19)7-15)10-4-5-13(12(16)6-10)22-9(2)18;1-2/h4-6,11,19H,3,7-8H2,1-2H3;1-2H3. The fourth-order valence-electron chi connectivity index (χ4n) is 1.64. The highest BCUT2D eigenvalue weighted by atomic mass is 35.5. The fraction of sp³-hybridized carbons (Fsp3) is 0.500. The Balaban J connectivity index is 0.00000254. The molecule has 1 rings (SSSR count). The van der Waals surface area contributed by atoms with Gasteiger partial charge in [-0.3, -0.25) is 9.69 Å². The molecule has 24 heavy (non-hydrogen) atoms. The molecule has 1 aromatic carbocycles. The minimum atomic E-state index is -0.998. The third-order valence-corrected chi connectivity index (χ3v) is 2.90. The number of benzene rings is 1. The van der Waals surface area contributed by atoms with E-state index in [2.05, 4.69) is 4.74 Å². The van der Waals surface area contributed by atoms with Crippen LogP contribution in [0.1, 0.15) is 27.7 Å². The number of amides is 1. The summed E-state index contributed by atoms with van der Waals surface area (Å²) in [5.74, 6) is -1.82. The molecule has 8 heteroatoms. The van der Waals surface area contributed by atoms with Gasteiger partial charge in [-0.2, -0.15) is 0 Å². The van der Waals surface area contributed by atoms with Crippen LogP contribution in [-0.4, -0.2) is 42.3 Å². The number of hydrogen-bond acceptors (Lipinski definition) is 5. The Kier molecular flexibility index (Phi) is 10.7. The van der Waals surface area contributed by atoms with Gasteiger partial charge in [-0.1, -0.05) is 13.8 Å². The second kappa shape index (κ2) is 11.6. The lowest BCUT2D eigenvalue weighted by Crippen LogP contribution is -2.38. The number of carbonyl (C=O) groups excluding carboxylic acids is 2. The van der Waals surface area contributed by atoms with Crippen molar-refractivity contribution in [2.75, 3.05) is 23.9 Å². The molecule has 0 heterocycles. The third-order valence-electron chi connectivity index (χ3n) is 2.54. The minimum Gasteiger partial charge on any atom is -0.449 e. The Bertz CT molecular complexity index is 541. The molecule has 0 aliphatic heterocycles. The molecule has 1 aromatic rings. The van der Waals surface area contributed by atoms with Crippen LogP contribution in [-0.2, 0) is 9.53 Å². The van der Waals surface area contributed by atoms with Gasteiger partial charge in [-0.15, -0.1) is 11.6 Å². The van der Waals surface area contributed by atoms with Crippen LogP contribution in [0.15, 0.2) is 18.2 Å². The first-order valence-corrected chi connectivity index (χ1v) is 8.08. The van der Waals surface area contributed by atoms with Crippen LogP contribution in [0.5, 0.6) is 5.75 Å². The average molecular weight is 364 g/mol. The largest absolute Gasteiger partial charge is 0.449 e. The summed E-state index contributed by atoms with van der Waals surface area (Å²) in [5, 5.41) is 9.61. The lowest BCUT2D eigenvalue weighted by Gasteiger charge is -2.24. The second-order valence-electron chi connectivity index (χ2n) is 4.33. The number of alkyl halides is 1. The molecule has 0 saturated carbocycles. The number of hydrogen-bond donors (Lipinski definition) is 1. The third kappa shape index (κ3) is 7.14. The van der Waals surface area contributed by atoms with Gasteiger partial charge in [0.15, 0.2) is 11.6 Å². The Morgan fingerprint density at radius 3 is 2.46 bits per heavy atom. The van der Waals surface area contributed by atoms with E-state index in [1.165, 1.54) is 12.1 Å². The number of halogens is 2. The quantitative estimate of drug-likeness (QED) is 0.476. The van der Waals surface area contributed by atoms with Crippen molar-refractivity contribution in [1.82, 2.24) is 0 Å². The van der Waals surface area contributed by atoms with E-state index in [0.717, 1.165) is 17.9 Å². The summed E-state index contributed by atoms with van der Waals surface area (Å²) in [6.45, 7) is 6.74. The van der Waals surface area contributed by atoms with Gasteiger partial charge in [-0.25, -0.2) is 9.18 Å². The maximum absolute atomic E-state index is 13.9. The van der Waals surface area contributed by atoms with E-state index in [1.54, 1.807) is 6.92 Å². The van der Waals surface area contributed by atoms with Crippen LogP contribution in [0.3, 0.4) is 0 Å². The number of ether oxygens (including phenoxy) is 2. The van der Waals surface area contributed by atoms with Crippen molar-refractivity contribution >= 4 is 29.4 Å².